The first-order chi connectivity index (χ1) is 15.3. The van der Waals surface area contributed by atoms with Gasteiger partial charge in [0.25, 0.3) is 0 Å². The SMILES string of the molecule is C[C@H](Nc1cc(-c2cnc(NC(=O)C3CC3)cn2)cnc1C#N)C(=O)N(C)CCN(C)C. The zero-order chi connectivity index (χ0) is 23.3. The van der Waals surface area contributed by atoms with E-state index in [2.05, 4.69) is 25.6 Å². The molecule has 1 aliphatic carbocycles. The van der Waals surface area contributed by atoms with Crippen LogP contribution in [0.15, 0.2) is 24.7 Å². The fourth-order valence-electron chi connectivity index (χ4n) is 3.01. The van der Waals surface area contributed by atoms with Gasteiger partial charge < -0.3 is 20.4 Å². The number of aromatic nitrogens is 3. The van der Waals surface area contributed by atoms with Crippen molar-refractivity contribution in [2.24, 2.45) is 5.92 Å². The lowest BCUT2D eigenvalue weighted by Crippen LogP contribution is -2.42. The summed E-state index contributed by atoms with van der Waals surface area (Å²) in [5.41, 5.74) is 1.81. The Morgan fingerprint density at radius 2 is 1.91 bits per heavy atom. The van der Waals surface area contributed by atoms with Crippen molar-refractivity contribution in [3.8, 4) is 17.3 Å². The van der Waals surface area contributed by atoms with Crippen LogP contribution in [0.2, 0.25) is 0 Å². The summed E-state index contributed by atoms with van der Waals surface area (Å²) in [4.78, 5) is 41.0. The van der Waals surface area contributed by atoms with Crippen LogP contribution < -0.4 is 10.6 Å². The van der Waals surface area contributed by atoms with Crippen LogP contribution in [0.25, 0.3) is 11.3 Å². The van der Waals surface area contributed by atoms with Crippen LogP contribution in [0.3, 0.4) is 0 Å². The van der Waals surface area contributed by atoms with E-state index in [1.54, 1.807) is 31.1 Å². The molecule has 1 fully saturated rings. The molecular weight excluding hydrogens is 408 g/mol. The Morgan fingerprint density at radius 1 is 1.16 bits per heavy atom. The van der Waals surface area contributed by atoms with E-state index in [4.69, 9.17) is 0 Å². The second-order valence-electron chi connectivity index (χ2n) is 8.21. The molecule has 32 heavy (non-hydrogen) atoms. The van der Waals surface area contributed by atoms with E-state index >= 15 is 0 Å². The van der Waals surface area contributed by atoms with Crippen LogP contribution in [0.4, 0.5) is 11.5 Å². The van der Waals surface area contributed by atoms with E-state index in [0.29, 0.717) is 29.3 Å². The van der Waals surface area contributed by atoms with Crippen molar-refractivity contribution in [1.29, 1.82) is 5.26 Å². The molecule has 2 aromatic rings. The largest absolute Gasteiger partial charge is 0.372 e. The van der Waals surface area contributed by atoms with Crippen molar-refractivity contribution < 1.29 is 9.59 Å². The number of nitriles is 1. The number of anilines is 2. The number of carbonyl (C=O) groups excluding carboxylic acids is 2. The summed E-state index contributed by atoms with van der Waals surface area (Å²) in [5, 5.41) is 15.3. The molecule has 10 heteroatoms. The van der Waals surface area contributed by atoms with Gasteiger partial charge in [-0.2, -0.15) is 5.26 Å². The van der Waals surface area contributed by atoms with Crippen molar-refractivity contribution in [1.82, 2.24) is 24.8 Å². The van der Waals surface area contributed by atoms with Crippen molar-refractivity contribution in [3.63, 3.8) is 0 Å². The van der Waals surface area contributed by atoms with Gasteiger partial charge in [0.15, 0.2) is 11.5 Å². The third-order valence-corrected chi connectivity index (χ3v) is 5.14. The van der Waals surface area contributed by atoms with E-state index < -0.39 is 6.04 Å². The molecule has 0 spiro atoms. The van der Waals surface area contributed by atoms with Gasteiger partial charge >= 0.3 is 0 Å². The third kappa shape index (κ3) is 5.98. The van der Waals surface area contributed by atoms with Crippen LogP contribution in [-0.4, -0.2) is 76.8 Å². The maximum atomic E-state index is 12.7. The molecule has 0 aliphatic heterocycles. The molecule has 10 nitrogen and oxygen atoms in total. The topological polar surface area (TPSA) is 127 Å². The highest BCUT2D eigenvalue weighted by Crippen LogP contribution is 2.30. The Bertz CT molecular complexity index is 1010. The Morgan fingerprint density at radius 3 is 2.50 bits per heavy atom. The summed E-state index contributed by atoms with van der Waals surface area (Å²) < 4.78 is 0. The molecule has 2 heterocycles. The fraction of sp³-hybridized carbons (Fsp3) is 0.455. The van der Waals surface area contributed by atoms with Gasteiger partial charge in [-0.25, -0.2) is 9.97 Å². The first kappa shape index (κ1) is 23.1. The summed E-state index contributed by atoms with van der Waals surface area (Å²) in [6, 6.07) is 3.23. The normalized spacial score (nSPS) is 13.9. The van der Waals surface area contributed by atoms with Gasteiger partial charge in [0.2, 0.25) is 11.8 Å². The predicted molar refractivity (Wildman–Crippen MR) is 121 cm³/mol. The Balaban J connectivity index is 1.71. The van der Waals surface area contributed by atoms with E-state index in [1.165, 1.54) is 12.4 Å². The number of amides is 2. The molecule has 0 saturated heterocycles. The first-order valence-corrected chi connectivity index (χ1v) is 10.5. The number of hydrogen-bond donors (Lipinski definition) is 2. The van der Waals surface area contributed by atoms with Crippen LogP contribution in [0.5, 0.6) is 0 Å². The van der Waals surface area contributed by atoms with Crippen LogP contribution in [-0.2, 0) is 9.59 Å². The molecule has 1 atom stereocenters. The number of nitrogens with zero attached hydrogens (tertiary/aromatic N) is 6. The average molecular weight is 437 g/mol. The molecule has 2 amide bonds. The van der Waals surface area contributed by atoms with Crippen molar-refractivity contribution in [2.75, 3.05) is 44.9 Å². The summed E-state index contributed by atoms with van der Waals surface area (Å²) in [7, 11) is 5.66. The summed E-state index contributed by atoms with van der Waals surface area (Å²) >= 11 is 0. The smallest absolute Gasteiger partial charge is 0.244 e. The van der Waals surface area contributed by atoms with Crippen LogP contribution in [0.1, 0.15) is 25.5 Å². The molecule has 168 valence electrons. The highest BCUT2D eigenvalue weighted by molar-refractivity contribution is 5.93. The number of hydrogen-bond acceptors (Lipinski definition) is 8. The molecular formula is C22H28N8O2. The quantitative estimate of drug-likeness (QED) is 0.607. The summed E-state index contributed by atoms with van der Waals surface area (Å²) in [5.74, 6) is 0.356. The lowest BCUT2D eigenvalue weighted by molar-refractivity contribution is -0.130. The Kier molecular flexibility index (Phi) is 7.33. The summed E-state index contributed by atoms with van der Waals surface area (Å²) in [6.45, 7) is 3.10. The minimum Gasteiger partial charge on any atom is -0.372 e. The molecule has 2 N–H and O–H groups in total. The second-order valence-corrected chi connectivity index (χ2v) is 8.21. The van der Waals surface area contributed by atoms with Gasteiger partial charge in [0.05, 0.1) is 23.8 Å². The minimum atomic E-state index is -0.544. The average Bonchev–Trinajstić information content (AvgIpc) is 3.63. The maximum absolute atomic E-state index is 12.7. The molecule has 0 radical (unpaired) electrons. The maximum Gasteiger partial charge on any atom is 0.244 e. The van der Waals surface area contributed by atoms with Crippen molar-refractivity contribution in [3.05, 3.63) is 30.4 Å². The lowest BCUT2D eigenvalue weighted by atomic mass is 10.1. The van der Waals surface area contributed by atoms with Gasteiger partial charge in [0.1, 0.15) is 12.1 Å². The number of likely N-dealkylation sites (N-methyl/N-ethyl adjacent to an activating group) is 2. The molecule has 2 aromatic heterocycles. The Labute approximate surface area is 187 Å². The highest BCUT2D eigenvalue weighted by atomic mass is 16.2. The molecule has 0 aromatic carbocycles. The predicted octanol–water partition coefficient (Wildman–Crippen LogP) is 1.58. The zero-order valence-corrected chi connectivity index (χ0v) is 18.8. The third-order valence-electron chi connectivity index (χ3n) is 5.14. The van der Waals surface area contributed by atoms with Gasteiger partial charge in [-0.05, 0) is 39.9 Å². The van der Waals surface area contributed by atoms with E-state index in [0.717, 1.165) is 19.4 Å². The molecule has 0 unspecified atom stereocenters. The second kappa shape index (κ2) is 10.2. The number of pyridine rings is 1. The van der Waals surface area contributed by atoms with E-state index in [9.17, 15) is 14.9 Å². The lowest BCUT2D eigenvalue weighted by Gasteiger charge is -2.24. The molecule has 3 rings (SSSR count). The van der Waals surface area contributed by atoms with E-state index in [-0.39, 0.29) is 23.4 Å². The standard InChI is InChI=1S/C22H28N8O2/c1-14(22(32)30(4)8-7-29(2)3)27-17-9-16(11-24-18(17)10-23)19-12-26-20(13-25-19)28-21(31)15-5-6-15/h9,11-15,27H,5-8H2,1-4H3,(H,26,28,31)/t14-/m0/s1. The van der Waals surface area contributed by atoms with Gasteiger partial charge in [0, 0.05) is 37.8 Å². The van der Waals surface area contributed by atoms with Crippen LogP contribution in [0, 0.1) is 17.2 Å². The summed E-state index contributed by atoms with van der Waals surface area (Å²) in [6.07, 6.45) is 6.39. The highest BCUT2D eigenvalue weighted by Gasteiger charge is 2.29. The van der Waals surface area contributed by atoms with Gasteiger partial charge in [-0.15, -0.1) is 0 Å². The van der Waals surface area contributed by atoms with E-state index in [1.807, 2.05) is 25.1 Å². The molecule has 0 bridgehead atoms. The number of nitrogens with one attached hydrogen (secondary N) is 2. The first-order valence-electron chi connectivity index (χ1n) is 10.5. The fourth-order valence-corrected chi connectivity index (χ4v) is 3.01. The van der Waals surface area contributed by atoms with Crippen molar-refractivity contribution >= 4 is 23.3 Å². The van der Waals surface area contributed by atoms with Crippen LogP contribution >= 0.6 is 0 Å². The van der Waals surface area contributed by atoms with Gasteiger partial charge in [-0.1, -0.05) is 0 Å². The molecule has 1 aliphatic rings. The van der Waals surface area contributed by atoms with Gasteiger partial charge in [-0.3, -0.25) is 14.6 Å². The molecule has 1 saturated carbocycles. The minimum absolute atomic E-state index is 0.0345. The number of carbonyl (C=O) groups is 2. The van der Waals surface area contributed by atoms with Crippen molar-refractivity contribution in [2.45, 2.75) is 25.8 Å². The monoisotopic (exact) mass is 436 g/mol. The number of rotatable bonds is 9. The Hall–Kier alpha value is -3.58. The zero-order valence-electron chi connectivity index (χ0n) is 18.8.